The van der Waals surface area contributed by atoms with Gasteiger partial charge in [0.15, 0.2) is 0 Å². The Labute approximate surface area is 126 Å². The normalized spacial score (nSPS) is 16.5. The molecule has 0 fully saturated rings. The summed E-state index contributed by atoms with van der Waals surface area (Å²) in [5.41, 5.74) is 3.18. The molecule has 0 heterocycles. The van der Waals surface area contributed by atoms with Gasteiger partial charge in [0.1, 0.15) is 0 Å². The molecule has 20 heavy (non-hydrogen) atoms. The average molecular weight is 285 g/mol. The van der Waals surface area contributed by atoms with Gasteiger partial charge in [-0.3, -0.25) is 0 Å². The Balaban J connectivity index is 2.22. The minimum absolute atomic E-state index is 0.823. The van der Waals surface area contributed by atoms with E-state index in [2.05, 4.69) is 76.6 Å². The molecule has 0 aliphatic heterocycles. The number of benzene rings is 1. The van der Waals surface area contributed by atoms with Crippen LogP contribution < -0.4 is 0 Å². The van der Waals surface area contributed by atoms with Gasteiger partial charge in [0.05, 0.1) is 8.07 Å². The average Bonchev–Trinajstić information content (AvgIpc) is 2.91. The molecule has 1 aliphatic rings. The molecule has 0 aromatic heterocycles. The van der Waals surface area contributed by atoms with E-state index < -0.39 is 8.07 Å². The Hall–Kier alpha value is -0.823. The fraction of sp³-hybridized carbons (Fsp3) is 0.474. The maximum absolute atomic E-state index is 2.46. The first kappa shape index (κ1) is 15.6. The van der Waals surface area contributed by atoms with Crippen molar-refractivity contribution in [3.05, 3.63) is 60.4 Å². The Morgan fingerprint density at radius 1 is 0.950 bits per heavy atom. The highest BCUT2D eigenvalue weighted by atomic mass is 28.3. The lowest BCUT2D eigenvalue weighted by Crippen LogP contribution is -2.45. The van der Waals surface area contributed by atoms with E-state index >= 15 is 0 Å². The van der Waals surface area contributed by atoms with E-state index in [9.17, 15) is 0 Å². The van der Waals surface area contributed by atoms with E-state index in [1.165, 1.54) is 24.1 Å². The van der Waals surface area contributed by atoms with Crippen LogP contribution in [-0.4, -0.2) is 8.07 Å². The van der Waals surface area contributed by atoms with Gasteiger partial charge in [-0.05, 0) is 30.8 Å². The number of rotatable bonds is 6. The van der Waals surface area contributed by atoms with Crippen LogP contribution in [0.1, 0.15) is 39.7 Å². The van der Waals surface area contributed by atoms with Crippen LogP contribution in [-0.2, 0) is 6.04 Å². The third-order valence-corrected chi connectivity index (χ3v) is 11.9. The molecule has 1 aliphatic carbocycles. The lowest BCUT2D eigenvalue weighted by Gasteiger charge is -2.41. The van der Waals surface area contributed by atoms with Crippen molar-refractivity contribution in [1.29, 1.82) is 0 Å². The molecule has 0 unspecified atom stereocenters. The van der Waals surface area contributed by atoms with Gasteiger partial charge in [-0.25, -0.2) is 0 Å². The van der Waals surface area contributed by atoms with Crippen molar-refractivity contribution in [3.63, 3.8) is 0 Å². The quantitative estimate of drug-likeness (QED) is 0.581. The summed E-state index contributed by atoms with van der Waals surface area (Å²) >= 11 is 0. The maximum atomic E-state index is 2.46. The van der Waals surface area contributed by atoms with Crippen molar-refractivity contribution in [2.45, 2.75) is 57.3 Å². The van der Waals surface area contributed by atoms with Gasteiger partial charge in [-0.15, -0.1) is 0 Å². The molecular formula is C19H28Si. The van der Waals surface area contributed by atoms with Gasteiger partial charge in [0.2, 0.25) is 0 Å². The minimum atomic E-state index is -1.36. The third kappa shape index (κ3) is 3.43. The van der Waals surface area contributed by atoms with Gasteiger partial charge in [-0.2, -0.15) is 0 Å². The summed E-state index contributed by atoms with van der Waals surface area (Å²) in [4.78, 5) is 0. The van der Waals surface area contributed by atoms with Crippen molar-refractivity contribution in [3.8, 4) is 0 Å². The second-order valence-corrected chi connectivity index (χ2v) is 12.3. The lowest BCUT2D eigenvalue weighted by molar-refractivity contribution is 0.840. The van der Waals surface area contributed by atoms with Crippen molar-refractivity contribution in [2.75, 3.05) is 0 Å². The van der Waals surface area contributed by atoms with Crippen LogP contribution in [0.25, 0.3) is 0 Å². The number of hydrogen-bond donors (Lipinski definition) is 0. The monoisotopic (exact) mass is 284 g/mol. The van der Waals surface area contributed by atoms with Gasteiger partial charge in [-0.1, -0.05) is 86.8 Å². The highest BCUT2D eigenvalue weighted by Crippen LogP contribution is 2.43. The Kier molecular flexibility index (Phi) is 5.26. The summed E-state index contributed by atoms with van der Waals surface area (Å²) in [6.07, 6.45) is 8.08. The molecule has 0 saturated heterocycles. The maximum Gasteiger partial charge on any atom is 0.0636 e. The second-order valence-electron chi connectivity index (χ2n) is 6.84. The first-order chi connectivity index (χ1) is 9.54. The molecule has 1 aromatic carbocycles. The zero-order chi connectivity index (χ0) is 14.6. The summed E-state index contributed by atoms with van der Waals surface area (Å²) in [6.45, 7) is 9.83. The number of allylic oxidation sites excluding steroid dienone is 2. The highest BCUT2D eigenvalue weighted by Gasteiger charge is 2.41. The summed E-state index contributed by atoms with van der Waals surface area (Å²) in [5.74, 6) is 1.66. The summed E-state index contributed by atoms with van der Waals surface area (Å²) in [5, 5.41) is 0. The van der Waals surface area contributed by atoms with Crippen LogP contribution in [0.2, 0.25) is 17.1 Å². The van der Waals surface area contributed by atoms with Crippen LogP contribution in [0.15, 0.2) is 42.5 Å². The zero-order valence-electron chi connectivity index (χ0n) is 13.4. The Bertz CT molecular complexity index is 414. The molecule has 0 amide bonds. The van der Waals surface area contributed by atoms with E-state index in [1.54, 1.807) is 5.92 Å². The summed E-state index contributed by atoms with van der Waals surface area (Å²) in [7, 11) is -1.36. The molecule has 0 saturated carbocycles. The van der Waals surface area contributed by atoms with Crippen molar-refractivity contribution >= 4 is 8.07 Å². The van der Waals surface area contributed by atoms with Gasteiger partial charge in [0, 0.05) is 0 Å². The molecule has 1 heteroatoms. The first-order valence-electron chi connectivity index (χ1n) is 7.93. The van der Waals surface area contributed by atoms with Crippen LogP contribution in [0.5, 0.6) is 0 Å². The molecule has 0 spiro atoms. The molecule has 0 nitrogen and oxygen atoms in total. The second kappa shape index (κ2) is 6.75. The number of hydrogen-bond acceptors (Lipinski definition) is 0. The third-order valence-electron chi connectivity index (χ3n) is 5.08. The zero-order valence-corrected chi connectivity index (χ0v) is 14.4. The predicted molar refractivity (Wildman–Crippen MR) is 92.2 cm³/mol. The van der Waals surface area contributed by atoms with E-state index in [0.717, 1.165) is 11.1 Å². The van der Waals surface area contributed by atoms with Gasteiger partial charge < -0.3 is 0 Å². The first-order valence-corrected chi connectivity index (χ1v) is 10.5. The SMILES string of the molecule is CC(C)[Si](C[C]1[CH]C=CC1)(Cc1ccccc1)C(C)C. The Morgan fingerprint density at radius 2 is 1.60 bits per heavy atom. The van der Waals surface area contributed by atoms with E-state index in [-0.39, 0.29) is 0 Å². The molecule has 0 atom stereocenters. The molecule has 108 valence electrons. The molecule has 2 radical (unpaired) electrons. The predicted octanol–water partition coefficient (Wildman–Crippen LogP) is 5.78. The fourth-order valence-electron chi connectivity index (χ4n) is 3.57. The largest absolute Gasteiger partial charge is 0.0876 e. The lowest BCUT2D eigenvalue weighted by atomic mass is 10.1. The van der Waals surface area contributed by atoms with E-state index in [1.807, 2.05) is 0 Å². The molecule has 1 aromatic rings. The van der Waals surface area contributed by atoms with E-state index in [0.29, 0.717) is 0 Å². The topological polar surface area (TPSA) is 0 Å². The van der Waals surface area contributed by atoms with Crippen molar-refractivity contribution < 1.29 is 0 Å². The fourth-order valence-corrected chi connectivity index (χ4v) is 8.76. The van der Waals surface area contributed by atoms with Gasteiger partial charge in [0.25, 0.3) is 0 Å². The Morgan fingerprint density at radius 3 is 2.10 bits per heavy atom. The van der Waals surface area contributed by atoms with E-state index in [4.69, 9.17) is 0 Å². The van der Waals surface area contributed by atoms with Crippen LogP contribution in [0.3, 0.4) is 0 Å². The summed E-state index contributed by atoms with van der Waals surface area (Å²) in [6, 6.07) is 13.8. The van der Waals surface area contributed by atoms with Crippen molar-refractivity contribution in [2.24, 2.45) is 0 Å². The minimum Gasteiger partial charge on any atom is -0.0876 e. The molecule has 0 bridgehead atoms. The highest BCUT2D eigenvalue weighted by molar-refractivity contribution is 6.82. The molecule has 0 N–H and O–H groups in total. The van der Waals surface area contributed by atoms with Gasteiger partial charge >= 0.3 is 0 Å². The van der Waals surface area contributed by atoms with Crippen LogP contribution in [0.4, 0.5) is 0 Å². The molecule has 2 rings (SSSR count). The van der Waals surface area contributed by atoms with Crippen LogP contribution in [0, 0.1) is 12.3 Å². The molecular weight excluding hydrogens is 256 g/mol. The van der Waals surface area contributed by atoms with Crippen molar-refractivity contribution in [1.82, 2.24) is 0 Å². The summed E-state index contributed by atoms with van der Waals surface area (Å²) < 4.78 is 0. The standard InChI is InChI=1S/C19H28Si/c1-16(2)20(17(3)4,15-19-12-8-9-13-19)14-18-10-6-5-7-11-18/h5-12,16-17H,13-15H2,1-4H3. The smallest absolute Gasteiger partial charge is 0.0636 e. The van der Waals surface area contributed by atoms with Crippen LogP contribution >= 0.6 is 0 Å².